The van der Waals surface area contributed by atoms with Gasteiger partial charge in [0.1, 0.15) is 5.69 Å². The number of benzene rings is 1. The quantitative estimate of drug-likeness (QED) is 0.797. The van der Waals surface area contributed by atoms with Crippen LogP contribution in [0.2, 0.25) is 0 Å². The van der Waals surface area contributed by atoms with Crippen LogP contribution in [0, 0.1) is 13.8 Å². The van der Waals surface area contributed by atoms with Gasteiger partial charge >= 0.3 is 5.97 Å². The first-order chi connectivity index (χ1) is 10.1. The Hall–Kier alpha value is -2.40. The average Bonchev–Trinajstić information content (AvgIpc) is 3.09. The smallest absolute Gasteiger partial charge is 0.354 e. The lowest BCUT2D eigenvalue weighted by molar-refractivity contribution is 0.0687. The summed E-state index contributed by atoms with van der Waals surface area (Å²) in [5, 5.41) is 15.9. The second-order valence-electron chi connectivity index (χ2n) is 4.90. The minimum Gasteiger partial charge on any atom is -0.477 e. The first-order valence-electron chi connectivity index (χ1n) is 6.51. The van der Waals surface area contributed by atoms with Crippen LogP contribution >= 0.6 is 11.3 Å². The van der Waals surface area contributed by atoms with Gasteiger partial charge in [-0.1, -0.05) is 18.2 Å². The van der Waals surface area contributed by atoms with Crippen molar-refractivity contribution < 1.29 is 9.90 Å². The van der Waals surface area contributed by atoms with E-state index in [1.165, 1.54) is 4.68 Å². The maximum atomic E-state index is 11.5. The molecule has 0 saturated carbocycles. The minimum atomic E-state index is -0.980. The number of rotatable bonds is 3. The summed E-state index contributed by atoms with van der Waals surface area (Å²) < 4.78 is 1.51. The van der Waals surface area contributed by atoms with E-state index in [1.54, 1.807) is 17.4 Å². The van der Waals surface area contributed by atoms with Gasteiger partial charge in [-0.25, -0.2) is 9.48 Å². The number of carboxylic acid groups (broad SMARTS) is 1. The van der Waals surface area contributed by atoms with Gasteiger partial charge in [-0.15, -0.1) is 11.3 Å². The molecule has 21 heavy (non-hydrogen) atoms. The van der Waals surface area contributed by atoms with Crippen molar-refractivity contribution in [3.05, 3.63) is 58.6 Å². The van der Waals surface area contributed by atoms with Crippen LogP contribution in [0.25, 0.3) is 16.3 Å². The van der Waals surface area contributed by atoms with Gasteiger partial charge in [0.05, 0.1) is 10.6 Å². The molecule has 1 aromatic carbocycles. The number of nitrogens with zero attached hydrogens (tertiary/aromatic N) is 2. The molecule has 0 bridgehead atoms. The molecule has 0 unspecified atom stereocenters. The first-order valence-corrected chi connectivity index (χ1v) is 7.39. The van der Waals surface area contributed by atoms with E-state index in [4.69, 9.17) is 0 Å². The molecular weight excluding hydrogens is 284 g/mol. The van der Waals surface area contributed by atoms with E-state index in [1.807, 2.05) is 49.6 Å². The standard InChI is InChI=1S/C16H14N2O2S/c1-10-5-6-11(2)13(8-10)18-14(16(19)20)9-12(17-18)15-4-3-7-21-15/h3-9H,1-2H3,(H,19,20). The van der Waals surface area contributed by atoms with E-state index in [9.17, 15) is 9.90 Å². The highest BCUT2D eigenvalue weighted by Gasteiger charge is 2.18. The largest absolute Gasteiger partial charge is 0.477 e. The van der Waals surface area contributed by atoms with E-state index in [-0.39, 0.29) is 5.69 Å². The van der Waals surface area contributed by atoms with Crippen molar-refractivity contribution >= 4 is 17.3 Å². The van der Waals surface area contributed by atoms with Crippen molar-refractivity contribution in [3.8, 4) is 16.3 Å². The van der Waals surface area contributed by atoms with Crippen LogP contribution in [0.4, 0.5) is 0 Å². The van der Waals surface area contributed by atoms with E-state index in [0.717, 1.165) is 21.7 Å². The lowest BCUT2D eigenvalue weighted by Crippen LogP contribution is -2.09. The third kappa shape index (κ3) is 2.48. The number of aryl methyl sites for hydroxylation is 2. The molecule has 0 radical (unpaired) electrons. The second-order valence-corrected chi connectivity index (χ2v) is 5.85. The Labute approximate surface area is 126 Å². The van der Waals surface area contributed by atoms with Crippen molar-refractivity contribution in [2.24, 2.45) is 0 Å². The van der Waals surface area contributed by atoms with Crippen molar-refractivity contribution in [2.75, 3.05) is 0 Å². The molecule has 3 rings (SSSR count). The van der Waals surface area contributed by atoms with E-state index in [2.05, 4.69) is 5.10 Å². The predicted molar refractivity (Wildman–Crippen MR) is 83.3 cm³/mol. The van der Waals surface area contributed by atoms with Gasteiger partial charge in [0, 0.05) is 6.07 Å². The monoisotopic (exact) mass is 298 g/mol. The molecule has 5 heteroatoms. The Morgan fingerprint density at radius 1 is 1.24 bits per heavy atom. The second kappa shape index (κ2) is 5.18. The van der Waals surface area contributed by atoms with Crippen molar-refractivity contribution in [1.29, 1.82) is 0 Å². The highest BCUT2D eigenvalue weighted by Crippen LogP contribution is 2.27. The fourth-order valence-corrected chi connectivity index (χ4v) is 2.89. The minimum absolute atomic E-state index is 0.173. The number of carboxylic acids is 1. The van der Waals surface area contributed by atoms with Crippen LogP contribution in [0.1, 0.15) is 21.6 Å². The molecule has 0 aliphatic heterocycles. The summed E-state index contributed by atoms with van der Waals surface area (Å²) in [7, 11) is 0. The zero-order chi connectivity index (χ0) is 15.0. The predicted octanol–water partition coefficient (Wildman–Crippen LogP) is 3.92. The molecule has 106 valence electrons. The maximum absolute atomic E-state index is 11.5. The molecule has 0 aliphatic carbocycles. The third-order valence-electron chi connectivity index (χ3n) is 3.29. The van der Waals surface area contributed by atoms with Crippen LogP contribution in [0.15, 0.2) is 41.8 Å². The Kier molecular flexibility index (Phi) is 3.35. The van der Waals surface area contributed by atoms with Crippen LogP contribution in [0.3, 0.4) is 0 Å². The molecule has 0 fully saturated rings. The van der Waals surface area contributed by atoms with E-state index in [0.29, 0.717) is 5.69 Å². The number of carbonyl (C=O) groups is 1. The van der Waals surface area contributed by atoms with Crippen molar-refractivity contribution in [3.63, 3.8) is 0 Å². The number of thiophene rings is 1. The Morgan fingerprint density at radius 2 is 2.05 bits per heavy atom. The summed E-state index contributed by atoms with van der Waals surface area (Å²) >= 11 is 1.54. The molecule has 2 aromatic heterocycles. The number of aromatic nitrogens is 2. The van der Waals surface area contributed by atoms with Crippen molar-refractivity contribution in [1.82, 2.24) is 9.78 Å². The molecule has 4 nitrogen and oxygen atoms in total. The molecule has 3 aromatic rings. The molecule has 0 atom stereocenters. The number of aromatic carboxylic acids is 1. The SMILES string of the molecule is Cc1ccc(C)c(-n2nc(-c3cccs3)cc2C(=O)O)c1. The van der Waals surface area contributed by atoms with Gasteiger partial charge in [0.25, 0.3) is 0 Å². The first kappa shape index (κ1) is 13.6. The van der Waals surface area contributed by atoms with Gasteiger partial charge in [0.15, 0.2) is 5.69 Å². The molecular formula is C16H14N2O2S. The number of hydrogen-bond donors (Lipinski definition) is 1. The molecule has 0 saturated heterocycles. The average molecular weight is 298 g/mol. The normalized spacial score (nSPS) is 10.8. The Morgan fingerprint density at radius 3 is 2.71 bits per heavy atom. The van der Waals surface area contributed by atoms with Gasteiger partial charge in [-0.05, 0) is 42.5 Å². The van der Waals surface area contributed by atoms with E-state index >= 15 is 0 Å². The van der Waals surface area contributed by atoms with Gasteiger partial charge in [-0.3, -0.25) is 0 Å². The zero-order valence-electron chi connectivity index (χ0n) is 11.7. The fourth-order valence-electron chi connectivity index (χ4n) is 2.21. The third-order valence-corrected chi connectivity index (χ3v) is 4.19. The summed E-state index contributed by atoms with van der Waals surface area (Å²) in [5.74, 6) is -0.980. The lowest BCUT2D eigenvalue weighted by Gasteiger charge is -2.09. The summed E-state index contributed by atoms with van der Waals surface area (Å²) in [4.78, 5) is 12.5. The summed E-state index contributed by atoms with van der Waals surface area (Å²) in [5.41, 5.74) is 3.72. The van der Waals surface area contributed by atoms with Gasteiger partial charge < -0.3 is 5.11 Å². The number of hydrogen-bond acceptors (Lipinski definition) is 3. The summed E-state index contributed by atoms with van der Waals surface area (Å²) in [6.45, 7) is 3.93. The summed E-state index contributed by atoms with van der Waals surface area (Å²) in [6, 6.07) is 11.4. The molecule has 0 spiro atoms. The molecule has 1 N–H and O–H groups in total. The van der Waals surface area contributed by atoms with Crippen molar-refractivity contribution in [2.45, 2.75) is 13.8 Å². The molecule has 0 aliphatic rings. The van der Waals surface area contributed by atoms with Crippen LogP contribution in [-0.4, -0.2) is 20.9 Å². The van der Waals surface area contributed by atoms with Crippen LogP contribution < -0.4 is 0 Å². The highest BCUT2D eigenvalue weighted by molar-refractivity contribution is 7.13. The highest BCUT2D eigenvalue weighted by atomic mass is 32.1. The van der Waals surface area contributed by atoms with Crippen LogP contribution in [0.5, 0.6) is 0 Å². The summed E-state index contributed by atoms with van der Waals surface area (Å²) in [6.07, 6.45) is 0. The molecule has 0 amide bonds. The Bertz CT molecular complexity index is 804. The van der Waals surface area contributed by atoms with Gasteiger partial charge in [0.2, 0.25) is 0 Å². The maximum Gasteiger partial charge on any atom is 0.354 e. The fraction of sp³-hybridized carbons (Fsp3) is 0.125. The Balaban J connectivity index is 2.21. The van der Waals surface area contributed by atoms with E-state index < -0.39 is 5.97 Å². The van der Waals surface area contributed by atoms with Gasteiger partial charge in [-0.2, -0.15) is 5.10 Å². The topological polar surface area (TPSA) is 55.1 Å². The molecule has 2 heterocycles. The zero-order valence-corrected chi connectivity index (χ0v) is 12.5. The van der Waals surface area contributed by atoms with Crippen LogP contribution in [-0.2, 0) is 0 Å². The lowest BCUT2D eigenvalue weighted by atomic mass is 10.1.